The number of carbonyl (C=O) groups excluding carboxylic acids is 1. The van der Waals surface area contributed by atoms with E-state index in [9.17, 15) is 4.79 Å². The van der Waals surface area contributed by atoms with Gasteiger partial charge < -0.3 is 11.1 Å². The monoisotopic (exact) mass is 380 g/mol. The first kappa shape index (κ1) is 15.7. The van der Waals surface area contributed by atoms with Crippen LogP contribution in [0.1, 0.15) is 28.8 Å². The number of benzene rings is 1. The van der Waals surface area contributed by atoms with Crippen molar-refractivity contribution in [3.63, 3.8) is 0 Å². The Kier molecular flexibility index (Phi) is 5.88. The molecule has 1 aliphatic carbocycles. The van der Waals surface area contributed by atoms with E-state index in [1.54, 1.807) is 0 Å². The summed E-state index contributed by atoms with van der Waals surface area (Å²) in [5, 5.41) is 3.04. The average Bonchev–Trinajstić information content (AvgIpc) is 3.13. The highest BCUT2D eigenvalue weighted by molar-refractivity contribution is 14.1. The van der Waals surface area contributed by atoms with Gasteiger partial charge in [0.05, 0.1) is 5.56 Å². The molecule has 5 heteroatoms. The van der Waals surface area contributed by atoms with Gasteiger partial charge in [0.25, 0.3) is 5.91 Å². The van der Waals surface area contributed by atoms with Gasteiger partial charge in [-0.15, -0.1) is 12.4 Å². The van der Waals surface area contributed by atoms with E-state index in [4.69, 9.17) is 5.73 Å². The molecular formula is C13H18ClIN2O. The number of hydrogen-bond acceptors (Lipinski definition) is 2. The van der Waals surface area contributed by atoms with Crippen LogP contribution in [0.5, 0.6) is 0 Å². The van der Waals surface area contributed by atoms with Crippen LogP contribution in [0.3, 0.4) is 0 Å². The third-order valence-corrected chi connectivity index (χ3v) is 4.63. The molecule has 0 radical (unpaired) electrons. The van der Waals surface area contributed by atoms with Gasteiger partial charge in [0.2, 0.25) is 0 Å². The zero-order valence-corrected chi connectivity index (χ0v) is 13.3. The summed E-state index contributed by atoms with van der Waals surface area (Å²) in [6.45, 7) is 2.54. The van der Waals surface area contributed by atoms with Crippen molar-refractivity contribution in [2.24, 2.45) is 11.7 Å². The van der Waals surface area contributed by atoms with E-state index in [1.807, 2.05) is 25.1 Å². The first-order valence-corrected chi connectivity index (χ1v) is 6.97. The van der Waals surface area contributed by atoms with Crippen LogP contribution in [0.4, 0.5) is 0 Å². The maximum absolute atomic E-state index is 12.1. The average molecular weight is 381 g/mol. The number of hydrogen-bond donors (Lipinski definition) is 2. The Labute approximate surface area is 127 Å². The van der Waals surface area contributed by atoms with Gasteiger partial charge in [0.1, 0.15) is 0 Å². The molecule has 2 rings (SSSR count). The highest BCUT2D eigenvalue weighted by Gasteiger charge is 2.31. The van der Waals surface area contributed by atoms with Crippen molar-refractivity contribution in [1.82, 2.24) is 5.32 Å². The number of nitrogens with one attached hydrogen (secondary N) is 1. The molecule has 0 spiro atoms. The predicted molar refractivity (Wildman–Crippen MR) is 84.2 cm³/mol. The molecule has 18 heavy (non-hydrogen) atoms. The Hall–Kier alpha value is -0.330. The third kappa shape index (κ3) is 3.59. The van der Waals surface area contributed by atoms with E-state index in [2.05, 4.69) is 27.9 Å². The van der Waals surface area contributed by atoms with E-state index in [0.717, 1.165) is 14.7 Å². The Bertz CT molecular complexity index is 435. The van der Waals surface area contributed by atoms with Gasteiger partial charge in [-0.05, 0) is 59.9 Å². The van der Waals surface area contributed by atoms with Gasteiger partial charge in [0.15, 0.2) is 0 Å². The maximum Gasteiger partial charge on any atom is 0.252 e. The van der Waals surface area contributed by atoms with Crippen LogP contribution in [0.2, 0.25) is 0 Å². The molecule has 1 unspecified atom stereocenters. The number of halogens is 2. The third-order valence-electron chi connectivity index (χ3n) is 3.20. The largest absolute Gasteiger partial charge is 0.348 e. The molecule has 1 fully saturated rings. The first-order chi connectivity index (χ1) is 8.13. The number of nitrogens with two attached hydrogens (primary N) is 1. The number of amides is 1. The fourth-order valence-corrected chi connectivity index (χ4v) is 2.54. The molecule has 1 amide bonds. The lowest BCUT2D eigenvalue weighted by atomic mass is 10.1. The van der Waals surface area contributed by atoms with Crippen LogP contribution in [-0.4, -0.2) is 18.5 Å². The van der Waals surface area contributed by atoms with Gasteiger partial charge in [0, 0.05) is 16.2 Å². The number of carbonyl (C=O) groups is 1. The lowest BCUT2D eigenvalue weighted by Crippen LogP contribution is -2.42. The van der Waals surface area contributed by atoms with Gasteiger partial charge in [-0.2, -0.15) is 0 Å². The molecule has 0 heterocycles. The second kappa shape index (κ2) is 6.73. The van der Waals surface area contributed by atoms with Crippen molar-refractivity contribution in [3.05, 3.63) is 32.9 Å². The van der Waals surface area contributed by atoms with Gasteiger partial charge >= 0.3 is 0 Å². The Balaban J connectivity index is 0.00000162. The quantitative estimate of drug-likeness (QED) is 0.789. The van der Waals surface area contributed by atoms with Gasteiger partial charge in [-0.25, -0.2) is 0 Å². The molecule has 1 atom stereocenters. The molecule has 1 saturated carbocycles. The summed E-state index contributed by atoms with van der Waals surface area (Å²) in [6, 6.07) is 5.93. The molecule has 0 aliphatic heterocycles. The van der Waals surface area contributed by atoms with Crippen molar-refractivity contribution in [1.29, 1.82) is 0 Å². The predicted octanol–water partition coefficient (Wildman–Crippen LogP) is 2.49. The summed E-state index contributed by atoms with van der Waals surface area (Å²) in [5.41, 5.74) is 7.58. The van der Waals surface area contributed by atoms with E-state index in [1.165, 1.54) is 12.8 Å². The summed E-state index contributed by atoms with van der Waals surface area (Å²) < 4.78 is 1.02. The lowest BCUT2D eigenvalue weighted by Gasteiger charge is -2.17. The van der Waals surface area contributed by atoms with E-state index in [0.29, 0.717) is 12.5 Å². The van der Waals surface area contributed by atoms with Crippen molar-refractivity contribution < 1.29 is 4.79 Å². The summed E-state index contributed by atoms with van der Waals surface area (Å²) in [6.07, 6.45) is 2.38. The summed E-state index contributed by atoms with van der Waals surface area (Å²) in [4.78, 5) is 12.1. The number of rotatable bonds is 4. The molecule has 1 aromatic carbocycles. The molecular weight excluding hydrogens is 363 g/mol. The second-order valence-corrected chi connectivity index (χ2v) is 5.67. The lowest BCUT2D eigenvalue weighted by molar-refractivity contribution is 0.0932. The van der Waals surface area contributed by atoms with Crippen LogP contribution >= 0.6 is 35.0 Å². The van der Waals surface area contributed by atoms with E-state index in [-0.39, 0.29) is 24.4 Å². The Morgan fingerprint density at radius 3 is 2.78 bits per heavy atom. The van der Waals surface area contributed by atoms with E-state index >= 15 is 0 Å². The first-order valence-electron chi connectivity index (χ1n) is 5.89. The van der Waals surface area contributed by atoms with Crippen LogP contribution in [0.15, 0.2) is 18.2 Å². The smallest absolute Gasteiger partial charge is 0.252 e. The van der Waals surface area contributed by atoms with Crippen molar-refractivity contribution in [2.45, 2.75) is 25.8 Å². The summed E-state index contributed by atoms with van der Waals surface area (Å²) >= 11 is 2.22. The molecule has 0 saturated heterocycles. The standard InChI is InChI=1S/C13H17IN2O.ClH/c1-8-3-2-4-10(12(8)14)13(17)16-11(7-15)9-5-6-9;/h2-4,9,11H,5-7,15H2,1H3,(H,16,17);1H. The van der Waals surface area contributed by atoms with Crippen molar-refractivity contribution in [2.75, 3.05) is 6.54 Å². The maximum atomic E-state index is 12.1. The fourth-order valence-electron chi connectivity index (χ4n) is 1.94. The highest BCUT2D eigenvalue weighted by atomic mass is 127. The Morgan fingerprint density at radius 2 is 2.22 bits per heavy atom. The van der Waals surface area contributed by atoms with Gasteiger partial charge in [-0.3, -0.25) is 4.79 Å². The van der Waals surface area contributed by atoms with E-state index < -0.39 is 0 Å². The molecule has 3 nitrogen and oxygen atoms in total. The highest BCUT2D eigenvalue weighted by Crippen LogP contribution is 2.32. The zero-order valence-electron chi connectivity index (χ0n) is 10.3. The molecule has 1 aromatic rings. The van der Waals surface area contributed by atoms with Crippen LogP contribution in [0, 0.1) is 16.4 Å². The minimum atomic E-state index is 0. The van der Waals surface area contributed by atoms with Crippen LogP contribution < -0.4 is 11.1 Å². The van der Waals surface area contributed by atoms with Crippen molar-refractivity contribution >= 4 is 40.9 Å². The molecule has 0 bridgehead atoms. The second-order valence-electron chi connectivity index (χ2n) is 4.59. The zero-order chi connectivity index (χ0) is 12.4. The summed E-state index contributed by atoms with van der Waals surface area (Å²) in [7, 11) is 0. The SMILES string of the molecule is Cc1cccc(C(=O)NC(CN)C2CC2)c1I.Cl. The van der Waals surface area contributed by atoms with Crippen molar-refractivity contribution in [3.8, 4) is 0 Å². The minimum Gasteiger partial charge on any atom is -0.348 e. The van der Waals surface area contributed by atoms with Crippen LogP contribution in [0.25, 0.3) is 0 Å². The molecule has 100 valence electrons. The minimum absolute atomic E-state index is 0. The van der Waals surface area contributed by atoms with Crippen LogP contribution in [-0.2, 0) is 0 Å². The fraction of sp³-hybridized carbons (Fsp3) is 0.462. The molecule has 0 aromatic heterocycles. The molecule has 1 aliphatic rings. The number of aryl methyl sites for hydroxylation is 1. The normalized spacial score (nSPS) is 15.7. The van der Waals surface area contributed by atoms with Gasteiger partial charge in [-0.1, -0.05) is 12.1 Å². The summed E-state index contributed by atoms with van der Waals surface area (Å²) in [5.74, 6) is 0.590. The topological polar surface area (TPSA) is 55.1 Å². The molecule has 3 N–H and O–H groups in total. The Morgan fingerprint density at radius 1 is 1.56 bits per heavy atom.